The van der Waals surface area contributed by atoms with Crippen LogP contribution in [0.1, 0.15) is 19.8 Å². The molecular weight excluding hydrogens is 204 g/mol. The second-order valence-corrected chi connectivity index (χ2v) is 3.98. The molecule has 0 saturated heterocycles. The van der Waals surface area contributed by atoms with Gasteiger partial charge in [0.25, 0.3) is 0 Å². The van der Waals surface area contributed by atoms with Crippen LogP contribution in [-0.4, -0.2) is 30.8 Å². The minimum absolute atomic E-state index is 0.439. The van der Waals surface area contributed by atoms with Gasteiger partial charge in [-0.05, 0) is 25.8 Å². The molecule has 1 aliphatic carbocycles. The first-order chi connectivity index (χ1) is 7.81. The van der Waals surface area contributed by atoms with Crippen LogP contribution < -0.4 is 10.1 Å². The van der Waals surface area contributed by atoms with Crippen LogP contribution in [0.25, 0.3) is 0 Å². The van der Waals surface area contributed by atoms with Gasteiger partial charge in [-0.2, -0.15) is 0 Å². The van der Waals surface area contributed by atoms with E-state index in [2.05, 4.69) is 10.3 Å². The largest absolute Gasteiger partial charge is 0.481 e. The number of methoxy groups -OCH3 is 1. The van der Waals surface area contributed by atoms with Crippen molar-refractivity contribution in [1.82, 2.24) is 4.98 Å². The third-order valence-electron chi connectivity index (χ3n) is 2.81. The smallest absolute Gasteiger partial charge is 0.213 e. The molecule has 1 aromatic rings. The van der Waals surface area contributed by atoms with E-state index in [-0.39, 0.29) is 0 Å². The van der Waals surface area contributed by atoms with Crippen LogP contribution in [0.15, 0.2) is 18.3 Å². The van der Waals surface area contributed by atoms with E-state index in [4.69, 9.17) is 9.47 Å². The Morgan fingerprint density at radius 2 is 2.25 bits per heavy atom. The lowest BCUT2D eigenvalue weighted by Crippen LogP contribution is -2.40. The van der Waals surface area contributed by atoms with E-state index in [9.17, 15) is 0 Å². The van der Waals surface area contributed by atoms with Crippen LogP contribution in [-0.2, 0) is 4.74 Å². The SMILES string of the molecule is CCOC1CC(Nc2ccc(OC)nc2)C1. The molecule has 2 rings (SSSR count). The first kappa shape index (κ1) is 11.2. The molecule has 1 fully saturated rings. The highest BCUT2D eigenvalue weighted by Crippen LogP contribution is 2.26. The maximum Gasteiger partial charge on any atom is 0.213 e. The van der Waals surface area contributed by atoms with Gasteiger partial charge in [0.1, 0.15) is 0 Å². The standard InChI is InChI=1S/C12H18N2O2/c1-3-16-11-6-10(7-11)14-9-4-5-12(15-2)13-8-9/h4-5,8,10-11,14H,3,6-7H2,1-2H3. The number of anilines is 1. The van der Waals surface area contributed by atoms with Crippen LogP contribution in [0, 0.1) is 0 Å². The topological polar surface area (TPSA) is 43.4 Å². The summed E-state index contributed by atoms with van der Waals surface area (Å²) in [6.07, 6.45) is 4.40. The van der Waals surface area contributed by atoms with Gasteiger partial charge in [0.2, 0.25) is 5.88 Å². The average Bonchev–Trinajstić information content (AvgIpc) is 2.27. The Kier molecular flexibility index (Phi) is 3.62. The number of nitrogens with zero attached hydrogens (tertiary/aromatic N) is 1. The second kappa shape index (κ2) is 5.16. The molecule has 88 valence electrons. The summed E-state index contributed by atoms with van der Waals surface area (Å²) >= 11 is 0. The molecule has 1 aromatic heterocycles. The summed E-state index contributed by atoms with van der Waals surface area (Å²) in [5, 5.41) is 3.42. The van der Waals surface area contributed by atoms with Gasteiger partial charge in [-0.25, -0.2) is 4.98 Å². The second-order valence-electron chi connectivity index (χ2n) is 3.98. The van der Waals surface area contributed by atoms with Crippen molar-refractivity contribution in [2.24, 2.45) is 0 Å². The molecule has 0 spiro atoms. The lowest BCUT2D eigenvalue weighted by atomic mass is 9.89. The molecule has 1 saturated carbocycles. The zero-order chi connectivity index (χ0) is 11.4. The fraction of sp³-hybridized carbons (Fsp3) is 0.583. The summed E-state index contributed by atoms with van der Waals surface area (Å²) in [6.45, 7) is 2.84. The zero-order valence-electron chi connectivity index (χ0n) is 9.77. The van der Waals surface area contributed by atoms with Crippen molar-refractivity contribution in [3.05, 3.63) is 18.3 Å². The number of ether oxygens (including phenoxy) is 2. The number of hydrogen-bond donors (Lipinski definition) is 1. The molecule has 0 aromatic carbocycles. The Labute approximate surface area is 96.0 Å². The lowest BCUT2D eigenvalue weighted by molar-refractivity contribution is 0.00298. The zero-order valence-corrected chi connectivity index (χ0v) is 9.77. The van der Waals surface area contributed by atoms with Crippen LogP contribution in [0.4, 0.5) is 5.69 Å². The molecule has 0 bridgehead atoms. The average molecular weight is 222 g/mol. The minimum Gasteiger partial charge on any atom is -0.481 e. The third-order valence-corrected chi connectivity index (χ3v) is 2.81. The normalized spacial score (nSPS) is 23.6. The van der Waals surface area contributed by atoms with E-state index >= 15 is 0 Å². The first-order valence-corrected chi connectivity index (χ1v) is 5.70. The minimum atomic E-state index is 0.439. The fourth-order valence-electron chi connectivity index (χ4n) is 1.88. The van der Waals surface area contributed by atoms with Crippen molar-refractivity contribution in [3.8, 4) is 5.88 Å². The molecule has 0 aliphatic heterocycles. The van der Waals surface area contributed by atoms with Crippen molar-refractivity contribution in [3.63, 3.8) is 0 Å². The molecule has 4 heteroatoms. The molecule has 0 unspecified atom stereocenters. The van der Waals surface area contributed by atoms with Crippen LogP contribution in [0.2, 0.25) is 0 Å². The predicted molar refractivity (Wildman–Crippen MR) is 62.8 cm³/mol. The predicted octanol–water partition coefficient (Wildman–Crippen LogP) is 2.07. The summed E-state index contributed by atoms with van der Waals surface area (Å²) in [5.74, 6) is 0.645. The lowest BCUT2D eigenvalue weighted by Gasteiger charge is -2.35. The Morgan fingerprint density at radius 1 is 1.44 bits per heavy atom. The van der Waals surface area contributed by atoms with Crippen molar-refractivity contribution < 1.29 is 9.47 Å². The van der Waals surface area contributed by atoms with Crippen molar-refractivity contribution in [1.29, 1.82) is 0 Å². The highest BCUT2D eigenvalue weighted by atomic mass is 16.5. The fourth-order valence-corrected chi connectivity index (χ4v) is 1.88. The van der Waals surface area contributed by atoms with Gasteiger partial charge in [-0.15, -0.1) is 0 Å². The summed E-state index contributed by atoms with van der Waals surface area (Å²) in [4.78, 5) is 4.15. The van der Waals surface area contributed by atoms with E-state index in [1.807, 2.05) is 19.1 Å². The molecule has 0 atom stereocenters. The number of aromatic nitrogens is 1. The number of nitrogens with one attached hydrogen (secondary N) is 1. The van der Waals surface area contributed by atoms with E-state index in [1.165, 1.54) is 0 Å². The summed E-state index contributed by atoms with van der Waals surface area (Å²) in [7, 11) is 1.62. The van der Waals surface area contributed by atoms with E-state index < -0.39 is 0 Å². The number of hydrogen-bond acceptors (Lipinski definition) is 4. The van der Waals surface area contributed by atoms with Crippen LogP contribution in [0.3, 0.4) is 0 Å². The van der Waals surface area contributed by atoms with E-state index in [1.54, 1.807) is 13.3 Å². The van der Waals surface area contributed by atoms with Gasteiger partial charge in [0.15, 0.2) is 0 Å². The summed E-state index contributed by atoms with van der Waals surface area (Å²) < 4.78 is 10.5. The van der Waals surface area contributed by atoms with Gasteiger partial charge in [0.05, 0.1) is 25.1 Å². The van der Waals surface area contributed by atoms with Crippen molar-refractivity contribution >= 4 is 5.69 Å². The Hall–Kier alpha value is -1.29. The Bertz CT molecular complexity index is 320. The Balaban J connectivity index is 1.78. The molecular formula is C12H18N2O2. The molecule has 16 heavy (non-hydrogen) atoms. The summed E-state index contributed by atoms with van der Waals surface area (Å²) in [5.41, 5.74) is 1.04. The molecule has 1 N–H and O–H groups in total. The third kappa shape index (κ3) is 2.64. The number of pyridine rings is 1. The van der Waals surface area contributed by atoms with Crippen molar-refractivity contribution in [2.45, 2.75) is 31.9 Å². The van der Waals surface area contributed by atoms with Gasteiger partial charge in [0, 0.05) is 18.7 Å². The molecule has 1 heterocycles. The molecule has 0 radical (unpaired) electrons. The monoisotopic (exact) mass is 222 g/mol. The highest BCUT2D eigenvalue weighted by Gasteiger charge is 2.29. The molecule has 1 aliphatic rings. The summed E-state index contributed by atoms with van der Waals surface area (Å²) in [6, 6.07) is 4.37. The van der Waals surface area contributed by atoms with Gasteiger partial charge < -0.3 is 14.8 Å². The van der Waals surface area contributed by atoms with Crippen LogP contribution in [0.5, 0.6) is 5.88 Å². The van der Waals surface area contributed by atoms with Crippen molar-refractivity contribution in [2.75, 3.05) is 19.0 Å². The quantitative estimate of drug-likeness (QED) is 0.828. The number of rotatable bonds is 5. The van der Waals surface area contributed by atoms with E-state index in [0.29, 0.717) is 18.0 Å². The maximum atomic E-state index is 5.51. The first-order valence-electron chi connectivity index (χ1n) is 5.70. The van der Waals surface area contributed by atoms with Gasteiger partial charge in [-0.3, -0.25) is 0 Å². The Morgan fingerprint density at radius 3 is 2.81 bits per heavy atom. The highest BCUT2D eigenvalue weighted by molar-refractivity contribution is 5.43. The van der Waals surface area contributed by atoms with Gasteiger partial charge >= 0.3 is 0 Å². The van der Waals surface area contributed by atoms with Gasteiger partial charge in [-0.1, -0.05) is 0 Å². The molecule has 4 nitrogen and oxygen atoms in total. The van der Waals surface area contributed by atoms with E-state index in [0.717, 1.165) is 25.1 Å². The van der Waals surface area contributed by atoms with Crippen LogP contribution >= 0.6 is 0 Å². The molecule has 0 amide bonds. The maximum absolute atomic E-state index is 5.51.